The Kier molecular flexibility index (Phi) is 8.43. The molecule has 0 spiro atoms. The van der Waals surface area contributed by atoms with E-state index >= 15 is 0 Å². The Bertz CT molecular complexity index is 3050. The molecule has 262 valence electrons. The summed E-state index contributed by atoms with van der Waals surface area (Å²) >= 11 is 0. The normalized spacial score (nSPS) is 11.3. The largest absolute Gasteiger partial charge is 0.0985 e. The van der Waals surface area contributed by atoms with E-state index in [1.807, 2.05) is 6.08 Å². The van der Waals surface area contributed by atoms with Gasteiger partial charge in [-0.05, 0) is 105 Å². The average molecular weight is 711 g/mol. The molecule has 0 saturated carbocycles. The molecule has 0 N–H and O–H groups in total. The molecule has 10 aromatic rings. The summed E-state index contributed by atoms with van der Waals surface area (Å²) in [4.78, 5) is 0. The van der Waals surface area contributed by atoms with Crippen molar-refractivity contribution in [3.05, 3.63) is 224 Å². The Hall–Kier alpha value is -7.28. The maximum absolute atomic E-state index is 4.08. The fraction of sp³-hybridized carbons (Fsp3) is 0. The minimum atomic E-state index is 1.10. The van der Waals surface area contributed by atoms with Gasteiger partial charge >= 0.3 is 0 Å². The predicted molar refractivity (Wildman–Crippen MR) is 242 cm³/mol. The van der Waals surface area contributed by atoms with E-state index in [-0.39, 0.29) is 0 Å². The SMILES string of the molecule is C=Cc1ccc(-c2c3ccccc3c(-c3ccccc3)c3c(-c4ccccc4-c4ccccc4)c4ccccc4c(-c4ccccc4-c4ccccc4)c23)cc1. The highest BCUT2D eigenvalue weighted by molar-refractivity contribution is 6.34. The average Bonchev–Trinajstić information content (AvgIpc) is 3.28. The second-order valence-electron chi connectivity index (χ2n) is 14.4. The van der Waals surface area contributed by atoms with E-state index in [0.29, 0.717) is 0 Å². The van der Waals surface area contributed by atoms with Gasteiger partial charge in [-0.1, -0.05) is 225 Å². The third-order valence-corrected chi connectivity index (χ3v) is 11.2. The van der Waals surface area contributed by atoms with Crippen LogP contribution in [0.1, 0.15) is 5.56 Å². The van der Waals surface area contributed by atoms with Gasteiger partial charge in [0, 0.05) is 0 Å². The van der Waals surface area contributed by atoms with E-state index in [0.717, 1.165) is 5.56 Å². The van der Waals surface area contributed by atoms with Crippen molar-refractivity contribution in [3.8, 4) is 66.8 Å². The molecule has 0 fully saturated rings. The van der Waals surface area contributed by atoms with Gasteiger partial charge in [0.15, 0.2) is 0 Å². The molecule has 0 amide bonds. The molecule has 0 aliphatic rings. The van der Waals surface area contributed by atoms with Gasteiger partial charge in [-0.15, -0.1) is 0 Å². The minimum Gasteiger partial charge on any atom is -0.0985 e. The van der Waals surface area contributed by atoms with Gasteiger partial charge in [-0.25, -0.2) is 0 Å². The van der Waals surface area contributed by atoms with Crippen molar-refractivity contribution >= 4 is 38.4 Å². The maximum Gasteiger partial charge on any atom is -0.000116 e. The van der Waals surface area contributed by atoms with Crippen molar-refractivity contribution in [2.75, 3.05) is 0 Å². The van der Waals surface area contributed by atoms with Crippen molar-refractivity contribution in [2.24, 2.45) is 0 Å². The first-order chi connectivity index (χ1) is 27.8. The Morgan fingerprint density at radius 1 is 0.250 bits per heavy atom. The molecule has 0 aliphatic heterocycles. The van der Waals surface area contributed by atoms with Crippen LogP contribution in [0.25, 0.3) is 105 Å². The van der Waals surface area contributed by atoms with Gasteiger partial charge in [0.2, 0.25) is 0 Å². The van der Waals surface area contributed by atoms with Crippen molar-refractivity contribution in [3.63, 3.8) is 0 Å². The van der Waals surface area contributed by atoms with Crippen molar-refractivity contribution in [1.29, 1.82) is 0 Å². The first kappa shape index (κ1) is 33.3. The van der Waals surface area contributed by atoms with Gasteiger partial charge < -0.3 is 0 Å². The van der Waals surface area contributed by atoms with Crippen LogP contribution in [0, 0.1) is 0 Å². The summed E-state index contributed by atoms with van der Waals surface area (Å²) < 4.78 is 0. The lowest BCUT2D eigenvalue weighted by atomic mass is 9.76. The number of rotatable bonds is 7. The molecule has 0 atom stereocenters. The Balaban J connectivity index is 1.53. The van der Waals surface area contributed by atoms with Crippen LogP contribution in [0.3, 0.4) is 0 Å². The van der Waals surface area contributed by atoms with Crippen LogP contribution in [0.4, 0.5) is 0 Å². The third-order valence-electron chi connectivity index (χ3n) is 11.2. The molecule has 0 aromatic heterocycles. The van der Waals surface area contributed by atoms with Crippen molar-refractivity contribution < 1.29 is 0 Å². The summed E-state index contributed by atoms with van der Waals surface area (Å²) in [7, 11) is 0. The highest BCUT2D eigenvalue weighted by atomic mass is 14.3. The highest BCUT2D eigenvalue weighted by Gasteiger charge is 2.27. The Morgan fingerprint density at radius 2 is 0.554 bits per heavy atom. The first-order valence-corrected chi connectivity index (χ1v) is 19.3. The lowest BCUT2D eigenvalue weighted by molar-refractivity contribution is 1.59. The summed E-state index contributed by atoms with van der Waals surface area (Å²) in [5, 5.41) is 7.39. The van der Waals surface area contributed by atoms with Crippen LogP contribution in [0.5, 0.6) is 0 Å². The van der Waals surface area contributed by atoms with Gasteiger partial charge in [-0.3, -0.25) is 0 Å². The molecule has 0 nitrogen and oxygen atoms in total. The van der Waals surface area contributed by atoms with Gasteiger partial charge in [-0.2, -0.15) is 0 Å². The summed E-state index contributed by atoms with van der Waals surface area (Å²) in [5.74, 6) is 0. The van der Waals surface area contributed by atoms with E-state index in [4.69, 9.17) is 0 Å². The van der Waals surface area contributed by atoms with E-state index in [1.165, 1.54) is 99.1 Å². The second kappa shape index (κ2) is 14.2. The molecule has 0 heteroatoms. The standard InChI is InChI=1S/C56H38/c1-2-38-34-36-42(37-35-38)52-48-31-17-16-30-47(48)51(41-24-10-5-11-25-41)55-53(45-28-14-12-26-43(45)39-20-6-3-7-21-39)49-32-18-19-33-50(49)54(56(52)55)46-29-15-13-27-44(46)40-22-8-4-9-23-40/h2-37H,1H2. The summed E-state index contributed by atoms with van der Waals surface area (Å²) in [5.41, 5.74) is 15.6. The number of benzene rings is 10. The lowest BCUT2D eigenvalue weighted by Crippen LogP contribution is -1.99. The Labute approximate surface area is 328 Å². The molecule has 10 rings (SSSR count). The molecule has 0 radical (unpaired) electrons. The minimum absolute atomic E-state index is 1.10. The van der Waals surface area contributed by atoms with Gasteiger partial charge in [0.1, 0.15) is 0 Å². The molecule has 0 saturated heterocycles. The van der Waals surface area contributed by atoms with E-state index in [2.05, 4.69) is 219 Å². The quantitative estimate of drug-likeness (QED) is 0.144. The summed E-state index contributed by atoms with van der Waals surface area (Å²) in [6.07, 6.45) is 1.92. The molecule has 0 unspecified atom stereocenters. The van der Waals surface area contributed by atoms with Crippen molar-refractivity contribution in [1.82, 2.24) is 0 Å². The topological polar surface area (TPSA) is 0 Å². The van der Waals surface area contributed by atoms with Gasteiger partial charge in [0.05, 0.1) is 0 Å². The smallest absolute Gasteiger partial charge is 0.000116 e. The Morgan fingerprint density at radius 3 is 0.946 bits per heavy atom. The molecule has 0 heterocycles. The fourth-order valence-electron chi connectivity index (χ4n) is 8.82. The van der Waals surface area contributed by atoms with E-state index < -0.39 is 0 Å². The van der Waals surface area contributed by atoms with Crippen LogP contribution in [-0.4, -0.2) is 0 Å². The fourth-order valence-corrected chi connectivity index (χ4v) is 8.82. The molecule has 10 aromatic carbocycles. The molecule has 0 bridgehead atoms. The number of fused-ring (bicyclic) bond motifs is 3. The zero-order valence-corrected chi connectivity index (χ0v) is 31.0. The lowest BCUT2D eigenvalue weighted by Gasteiger charge is -2.26. The predicted octanol–water partition coefficient (Wildman–Crippen LogP) is 15.8. The second-order valence-corrected chi connectivity index (χ2v) is 14.4. The van der Waals surface area contributed by atoms with Crippen LogP contribution < -0.4 is 0 Å². The summed E-state index contributed by atoms with van der Waals surface area (Å²) in [6, 6.07) is 77.6. The van der Waals surface area contributed by atoms with Crippen molar-refractivity contribution in [2.45, 2.75) is 0 Å². The van der Waals surface area contributed by atoms with Gasteiger partial charge in [0.25, 0.3) is 0 Å². The van der Waals surface area contributed by atoms with Crippen LogP contribution in [0.2, 0.25) is 0 Å². The first-order valence-electron chi connectivity index (χ1n) is 19.3. The molecular weight excluding hydrogens is 673 g/mol. The van der Waals surface area contributed by atoms with Crippen LogP contribution in [0.15, 0.2) is 219 Å². The number of hydrogen-bond donors (Lipinski definition) is 0. The number of hydrogen-bond acceptors (Lipinski definition) is 0. The molecule has 0 aliphatic carbocycles. The zero-order valence-electron chi connectivity index (χ0n) is 31.0. The summed E-state index contributed by atoms with van der Waals surface area (Å²) in [6.45, 7) is 4.08. The maximum atomic E-state index is 4.08. The highest BCUT2D eigenvalue weighted by Crippen LogP contribution is 2.55. The third kappa shape index (κ3) is 5.54. The van der Waals surface area contributed by atoms with Crippen LogP contribution in [-0.2, 0) is 0 Å². The zero-order chi connectivity index (χ0) is 37.4. The molecular formula is C56H38. The monoisotopic (exact) mass is 710 g/mol. The van der Waals surface area contributed by atoms with E-state index in [1.54, 1.807) is 0 Å². The van der Waals surface area contributed by atoms with E-state index in [9.17, 15) is 0 Å². The van der Waals surface area contributed by atoms with Crippen LogP contribution >= 0.6 is 0 Å². The molecule has 56 heavy (non-hydrogen) atoms.